The van der Waals surface area contributed by atoms with Gasteiger partial charge in [0.1, 0.15) is 0 Å². The van der Waals surface area contributed by atoms with Crippen molar-refractivity contribution < 1.29 is 4.79 Å². The van der Waals surface area contributed by atoms with Crippen LogP contribution in [0.5, 0.6) is 0 Å². The number of aryl methyl sites for hydroxylation is 1. The highest BCUT2D eigenvalue weighted by Crippen LogP contribution is 2.42. The van der Waals surface area contributed by atoms with E-state index in [0.29, 0.717) is 6.04 Å². The van der Waals surface area contributed by atoms with Crippen molar-refractivity contribution in [1.82, 2.24) is 14.8 Å². The van der Waals surface area contributed by atoms with Crippen molar-refractivity contribution in [3.8, 4) is 10.7 Å². The van der Waals surface area contributed by atoms with Crippen molar-refractivity contribution in [1.29, 1.82) is 0 Å². The molecule has 1 N–H and O–H groups in total. The van der Waals surface area contributed by atoms with Gasteiger partial charge in [0, 0.05) is 11.7 Å². The summed E-state index contributed by atoms with van der Waals surface area (Å²) in [6.45, 7) is 3.94. The number of thioether (sulfide) groups is 1. The van der Waals surface area contributed by atoms with E-state index in [0.717, 1.165) is 34.4 Å². The van der Waals surface area contributed by atoms with Gasteiger partial charge in [-0.25, -0.2) is 0 Å². The zero-order valence-electron chi connectivity index (χ0n) is 14.7. The average molecular weight is 385 g/mol. The van der Waals surface area contributed by atoms with Gasteiger partial charge in [-0.3, -0.25) is 9.36 Å². The zero-order valence-corrected chi connectivity index (χ0v) is 16.3. The summed E-state index contributed by atoms with van der Waals surface area (Å²) in [5.74, 6) is 0.887. The van der Waals surface area contributed by atoms with E-state index in [-0.39, 0.29) is 11.2 Å². The van der Waals surface area contributed by atoms with E-state index in [1.165, 1.54) is 17.3 Å². The quantitative estimate of drug-likeness (QED) is 0.622. The lowest BCUT2D eigenvalue weighted by Crippen LogP contribution is -2.22. The second-order valence-corrected chi connectivity index (χ2v) is 8.76. The number of amides is 1. The molecule has 0 spiro atoms. The van der Waals surface area contributed by atoms with Gasteiger partial charge in [0.15, 0.2) is 11.0 Å². The molecule has 1 saturated carbocycles. The van der Waals surface area contributed by atoms with Crippen LogP contribution in [0.25, 0.3) is 10.7 Å². The van der Waals surface area contributed by atoms with Gasteiger partial charge < -0.3 is 5.32 Å². The van der Waals surface area contributed by atoms with Crippen LogP contribution in [0.4, 0.5) is 5.69 Å². The van der Waals surface area contributed by atoms with Crippen LogP contribution in [0.1, 0.15) is 31.4 Å². The van der Waals surface area contributed by atoms with E-state index in [2.05, 4.69) is 26.1 Å². The van der Waals surface area contributed by atoms with E-state index in [9.17, 15) is 4.79 Å². The Labute approximate surface area is 160 Å². The highest BCUT2D eigenvalue weighted by atomic mass is 32.2. The lowest BCUT2D eigenvalue weighted by atomic mass is 10.2. The second-order valence-electron chi connectivity index (χ2n) is 6.50. The van der Waals surface area contributed by atoms with E-state index in [4.69, 9.17) is 0 Å². The van der Waals surface area contributed by atoms with Crippen LogP contribution in [0.15, 0.2) is 46.9 Å². The van der Waals surface area contributed by atoms with E-state index in [1.807, 2.05) is 49.6 Å². The second kappa shape index (κ2) is 7.25. The first-order chi connectivity index (χ1) is 12.6. The number of carbonyl (C=O) groups is 1. The molecule has 1 atom stereocenters. The van der Waals surface area contributed by atoms with Crippen LogP contribution in [-0.4, -0.2) is 25.9 Å². The standard InChI is InChI=1S/C19H20N4OS2/c1-12-5-7-14(8-6-12)20-18(24)13(2)26-19-22-21-17(16-4-3-11-25-16)23(19)15-9-10-15/h3-8,11,13,15H,9-10H2,1-2H3,(H,20,24). The maximum Gasteiger partial charge on any atom is 0.237 e. The molecule has 0 aliphatic heterocycles. The normalized spacial score (nSPS) is 15.0. The van der Waals surface area contributed by atoms with Gasteiger partial charge in [-0.1, -0.05) is 35.5 Å². The summed E-state index contributed by atoms with van der Waals surface area (Å²) in [4.78, 5) is 13.7. The number of nitrogens with zero attached hydrogens (tertiary/aromatic N) is 3. The Morgan fingerprint density at radius 2 is 2.04 bits per heavy atom. The molecule has 5 nitrogen and oxygen atoms in total. The molecule has 134 valence electrons. The van der Waals surface area contributed by atoms with Crippen LogP contribution in [0.3, 0.4) is 0 Å². The Morgan fingerprint density at radius 1 is 1.27 bits per heavy atom. The lowest BCUT2D eigenvalue weighted by molar-refractivity contribution is -0.115. The molecule has 1 aliphatic carbocycles. The van der Waals surface area contributed by atoms with Gasteiger partial charge in [0.2, 0.25) is 5.91 Å². The molecular weight excluding hydrogens is 364 g/mol. The number of carbonyl (C=O) groups excluding carboxylic acids is 1. The lowest BCUT2D eigenvalue weighted by Gasteiger charge is -2.13. The summed E-state index contributed by atoms with van der Waals surface area (Å²) < 4.78 is 2.20. The van der Waals surface area contributed by atoms with Crippen molar-refractivity contribution >= 4 is 34.7 Å². The fourth-order valence-corrected chi connectivity index (χ4v) is 4.31. The summed E-state index contributed by atoms with van der Waals surface area (Å²) in [7, 11) is 0. The van der Waals surface area contributed by atoms with Crippen LogP contribution < -0.4 is 5.32 Å². The molecule has 26 heavy (non-hydrogen) atoms. The van der Waals surface area contributed by atoms with Gasteiger partial charge >= 0.3 is 0 Å². The third-order valence-electron chi connectivity index (χ3n) is 4.29. The van der Waals surface area contributed by atoms with Gasteiger partial charge in [-0.05, 0) is 50.3 Å². The average Bonchev–Trinajstić information content (AvgIpc) is 3.16. The molecule has 1 fully saturated rings. The van der Waals surface area contributed by atoms with Gasteiger partial charge in [-0.2, -0.15) is 0 Å². The first-order valence-corrected chi connectivity index (χ1v) is 10.4. The van der Waals surface area contributed by atoms with Crippen molar-refractivity contribution in [2.45, 2.75) is 43.1 Å². The molecule has 0 bridgehead atoms. The van der Waals surface area contributed by atoms with E-state index in [1.54, 1.807) is 11.3 Å². The largest absolute Gasteiger partial charge is 0.325 e. The number of thiophene rings is 1. The molecule has 1 aromatic carbocycles. The summed E-state index contributed by atoms with van der Waals surface area (Å²) in [6, 6.07) is 12.4. The molecule has 1 unspecified atom stereocenters. The van der Waals surface area contributed by atoms with Crippen molar-refractivity contribution in [3.05, 3.63) is 47.3 Å². The molecule has 2 heterocycles. The number of hydrogen-bond donors (Lipinski definition) is 1. The minimum atomic E-state index is -0.255. The highest BCUT2D eigenvalue weighted by Gasteiger charge is 2.31. The SMILES string of the molecule is Cc1ccc(NC(=O)C(C)Sc2nnc(-c3cccs3)n2C2CC2)cc1. The minimum absolute atomic E-state index is 0.0260. The number of rotatable bonds is 6. The van der Waals surface area contributed by atoms with E-state index >= 15 is 0 Å². The predicted molar refractivity (Wildman–Crippen MR) is 107 cm³/mol. The number of benzene rings is 1. The Hall–Kier alpha value is -2.12. The molecular formula is C19H20N4OS2. The maximum atomic E-state index is 12.5. The molecule has 3 aromatic rings. The zero-order chi connectivity index (χ0) is 18.1. The monoisotopic (exact) mass is 384 g/mol. The van der Waals surface area contributed by atoms with Gasteiger partial charge in [0.25, 0.3) is 0 Å². The molecule has 7 heteroatoms. The third-order valence-corrected chi connectivity index (χ3v) is 6.21. The smallest absolute Gasteiger partial charge is 0.237 e. The molecule has 1 amide bonds. The van der Waals surface area contributed by atoms with Crippen LogP contribution in [0.2, 0.25) is 0 Å². The van der Waals surface area contributed by atoms with Crippen LogP contribution >= 0.6 is 23.1 Å². The van der Waals surface area contributed by atoms with Crippen molar-refractivity contribution in [2.75, 3.05) is 5.32 Å². The van der Waals surface area contributed by atoms with Crippen molar-refractivity contribution in [2.24, 2.45) is 0 Å². The Kier molecular flexibility index (Phi) is 4.82. The summed E-state index contributed by atoms with van der Waals surface area (Å²) in [5, 5.41) is 14.4. The molecule has 0 radical (unpaired) electrons. The van der Waals surface area contributed by atoms with Crippen LogP contribution in [0, 0.1) is 6.92 Å². The minimum Gasteiger partial charge on any atom is -0.325 e. The number of nitrogens with one attached hydrogen (secondary N) is 1. The summed E-state index contributed by atoms with van der Waals surface area (Å²) >= 11 is 3.13. The maximum absolute atomic E-state index is 12.5. The molecule has 0 saturated heterocycles. The Balaban J connectivity index is 1.50. The molecule has 1 aliphatic rings. The number of hydrogen-bond acceptors (Lipinski definition) is 5. The Morgan fingerprint density at radius 3 is 2.69 bits per heavy atom. The van der Waals surface area contributed by atoms with Crippen LogP contribution in [-0.2, 0) is 4.79 Å². The number of aromatic nitrogens is 3. The predicted octanol–water partition coefficient (Wildman–Crippen LogP) is 4.77. The number of anilines is 1. The van der Waals surface area contributed by atoms with Gasteiger partial charge in [0.05, 0.1) is 10.1 Å². The first kappa shape index (κ1) is 17.3. The summed E-state index contributed by atoms with van der Waals surface area (Å²) in [5.41, 5.74) is 1.99. The Bertz CT molecular complexity index is 898. The highest BCUT2D eigenvalue weighted by molar-refractivity contribution is 8.00. The molecule has 2 aromatic heterocycles. The summed E-state index contributed by atoms with van der Waals surface area (Å²) in [6.07, 6.45) is 2.29. The first-order valence-electron chi connectivity index (χ1n) is 8.65. The fraction of sp³-hybridized carbons (Fsp3) is 0.316. The molecule has 4 rings (SSSR count). The topological polar surface area (TPSA) is 59.8 Å². The van der Waals surface area contributed by atoms with Gasteiger partial charge in [-0.15, -0.1) is 21.5 Å². The third kappa shape index (κ3) is 3.68. The van der Waals surface area contributed by atoms with E-state index < -0.39 is 0 Å². The van der Waals surface area contributed by atoms with Crippen molar-refractivity contribution in [3.63, 3.8) is 0 Å². The fourth-order valence-electron chi connectivity index (χ4n) is 2.69.